The zero-order valence-corrected chi connectivity index (χ0v) is 7.06. The van der Waals surface area contributed by atoms with Crippen molar-refractivity contribution in [1.29, 1.82) is 0 Å². The van der Waals surface area contributed by atoms with Gasteiger partial charge in [-0.05, 0) is 6.07 Å². The maximum absolute atomic E-state index is 9.48. The van der Waals surface area contributed by atoms with Crippen LogP contribution in [0.2, 0.25) is 0 Å². The van der Waals surface area contributed by atoms with E-state index in [9.17, 15) is 5.11 Å². The van der Waals surface area contributed by atoms with Gasteiger partial charge in [0.05, 0.1) is 13.2 Å². The van der Waals surface area contributed by atoms with Crippen molar-refractivity contribution in [2.24, 2.45) is 0 Å². The third-order valence-corrected chi connectivity index (χ3v) is 1.93. The third-order valence-electron chi connectivity index (χ3n) is 1.93. The number of phenolic OH excluding ortho intramolecular Hbond substituents is 1. The lowest BCUT2D eigenvalue weighted by Crippen LogP contribution is -2.06. The molecule has 2 radical (unpaired) electrons. The van der Waals surface area contributed by atoms with Gasteiger partial charge in [0.15, 0.2) is 6.29 Å². The molecular weight excluding hydrogens is 167 g/mol. The zero-order valence-electron chi connectivity index (χ0n) is 7.06. The second-order valence-corrected chi connectivity index (χ2v) is 2.89. The summed E-state index contributed by atoms with van der Waals surface area (Å²) in [5, 5.41) is 9.48. The van der Waals surface area contributed by atoms with E-state index in [1.807, 2.05) is 0 Å². The molecule has 4 heteroatoms. The normalized spacial score (nSPS) is 17.8. The molecule has 1 aromatic rings. The molecule has 0 spiro atoms. The Hall–Kier alpha value is -0.995. The number of rotatable bonds is 1. The Kier molecular flexibility index (Phi) is 2.25. The number of phenols is 1. The Balaban J connectivity index is 2.32. The summed E-state index contributed by atoms with van der Waals surface area (Å²) in [6.07, 6.45) is -0.469. The smallest absolute Gasteiger partial charge is 0.187 e. The molecule has 0 atom stereocenters. The lowest BCUT2D eigenvalue weighted by atomic mass is 9.94. The van der Waals surface area contributed by atoms with Crippen molar-refractivity contribution < 1.29 is 14.6 Å². The van der Waals surface area contributed by atoms with Gasteiger partial charge in [-0.15, -0.1) is 0 Å². The number of ether oxygens (including phenoxy) is 2. The molecule has 1 N–H and O–H groups in total. The minimum Gasteiger partial charge on any atom is -0.507 e. The Morgan fingerprint density at radius 3 is 2.69 bits per heavy atom. The summed E-state index contributed by atoms with van der Waals surface area (Å²) in [4.78, 5) is 0. The van der Waals surface area contributed by atoms with Crippen molar-refractivity contribution in [2.75, 3.05) is 13.2 Å². The summed E-state index contributed by atoms with van der Waals surface area (Å²) in [5.74, 6) is 0.154. The monoisotopic (exact) mass is 176 g/mol. The van der Waals surface area contributed by atoms with Crippen molar-refractivity contribution >= 4 is 13.3 Å². The average Bonchev–Trinajstić information content (AvgIpc) is 2.61. The highest BCUT2D eigenvalue weighted by atomic mass is 16.7. The van der Waals surface area contributed by atoms with Crippen LogP contribution in [-0.4, -0.2) is 26.2 Å². The van der Waals surface area contributed by atoms with Crippen LogP contribution < -0.4 is 5.46 Å². The molecule has 0 amide bonds. The van der Waals surface area contributed by atoms with E-state index in [2.05, 4.69) is 0 Å². The molecule has 1 aliphatic rings. The van der Waals surface area contributed by atoms with E-state index in [-0.39, 0.29) is 5.75 Å². The third kappa shape index (κ3) is 1.69. The largest absolute Gasteiger partial charge is 0.507 e. The number of hydrogen-bond donors (Lipinski definition) is 1. The Bertz CT molecular complexity index is 308. The first kappa shape index (κ1) is 8.60. The van der Waals surface area contributed by atoms with Crippen molar-refractivity contribution in [3.05, 3.63) is 23.8 Å². The lowest BCUT2D eigenvalue weighted by Gasteiger charge is -2.11. The predicted molar refractivity (Wildman–Crippen MR) is 48.1 cm³/mol. The second-order valence-electron chi connectivity index (χ2n) is 2.89. The van der Waals surface area contributed by atoms with Crippen molar-refractivity contribution in [3.8, 4) is 5.75 Å². The SMILES string of the molecule is [B]c1ccc(O)c(C2OCCO2)c1. The standard InChI is InChI=1S/C9H9BO3/c10-6-1-2-8(11)7(5-6)9-12-3-4-13-9/h1-2,5,9,11H,3-4H2. The average molecular weight is 176 g/mol. The molecule has 2 rings (SSSR count). The molecule has 1 aliphatic heterocycles. The summed E-state index contributed by atoms with van der Waals surface area (Å²) in [5.41, 5.74) is 1.18. The van der Waals surface area contributed by atoms with Crippen molar-refractivity contribution in [1.82, 2.24) is 0 Å². The molecule has 1 aromatic carbocycles. The van der Waals surface area contributed by atoms with Crippen LogP contribution in [0.3, 0.4) is 0 Å². The summed E-state index contributed by atoms with van der Waals surface area (Å²) >= 11 is 0. The van der Waals surface area contributed by atoms with Gasteiger partial charge in [0, 0.05) is 5.56 Å². The van der Waals surface area contributed by atoms with Crippen LogP contribution in [0.15, 0.2) is 18.2 Å². The summed E-state index contributed by atoms with van der Waals surface area (Å²) in [6.45, 7) is 1.11. The van der Waals surface area contributed by atoms with Gasteiger partial charge in [0.25, 0.3) is 0 Å². The van der Waals surface area contributed by atoms with Gasteiger partial charge in [-0.3, -0.25) is 0 Å². The fourth-order valence-corrected chi connectivity index (χ4v) is 1.30. The summed E-state index contributed by atoms with van der Waals surface area (Å²) in [7, 11) is 5.57. The van der Waals surface area contributed by atoms with Crippen molar-refractivity contribution in [3.63, 3.8) is 0 Å². The van der Waals surface area contributed by atoms with E-state index < -0.39 is 6.29 Å². The van der Waals surface area contributed by atoms with E-state index in [1.54, 1.807) is 12.1 Å². The minimum absolute atomic E-state index is 0.154. The number of hydrogen-bond acceptors (Lipinski definition) is 3. The second kappa shape index (κ2) is 3.40. The summed E-state index contributed by atoms with van der Waals surface area (Å²) < 4.78 is 10.5. The molecule has 0 bridgehead atoms. The molecule has 0 saturated carbocycles. The maximum atomic E-state index is 9.48. The Morgan fingerprint density at radius 1 is 1.31 bits per heavy atom. The van der Waals surface area contributed by atoms with Gasteiger partial charge in [-0.2, -0.15) is 0 Å². The predicted octanol–water partition coefficient (Wildman–Crippen LogP) is 0.231. The fraction of sp³-hybridized carbons (Fsp3) is 0.333. The van der Waals surface area contributed by atoms with Gasteiger partial charge in [0.1, 0.15) is 13.6 Å². The van der Waals surface area contributed by atoms with Gasteiger partial charge in [-0.25, -0.2) is 0 Å². The summed E-state index contributed by atoms with van der Waals surface area (Å²) in [6, 6.07) is 4.83. The molecule has 1 heterocycles. The van der Waals surface area contributed by atoms with E-state index in [0.29, 0.717) is 24.2 Å². The van der Waals surface area contributed by atoms with E-state index >= 15 is 0 Å². The van der Waals surface area contributed by atoms with Crippen LogP contribution in [0.4, 0.5) is 0 Å². The van der Waals surface area contributed by atoms with Crippen LogP contribution >= 0.6 is 0 Å². The van der Waals surface area contributed by atoms with Crippen LogP contribution in [0.5, 0.6) is 5.75 Å². The maximum Gasteiger partial charge on any atom is 0.187 e. The number of benzene rings is 1. The molecule has 0 aromatic heterocycles. The van der Waals surface area contributed by atoms with Gasteiger partial charge in [-0.1, -0.05) is 17.6 Å². The van der Waals surface area contributed by atoms with Crippen molar-refractivity contribution in [2.45, 2.75) is 6.29 Å². The van der Waals surface area contributed by atoms with Gasteiger partial charge in [0.2, 0.25) is 0 Å². The molecule has 0 unspecified atom stereocenters. The van der Waals surface area contributed by atoms with Crippen LogP contribution in [-0.2, 0) is 9.47 Å². The Labute approximate surface area is 77.7 Å². The quantitative estimate of drug-likeness (QED) is 0.622. The number of aromatic hydroxyl groups is 1. The molecule has 66 valence electrons. The highest BCUT2D eigenvalue weighted by molar-refractivity contribution is 6.32. The fourth-order valence-electron chi connectivity index (χ4n) is 1.30. The van der Waals surface area contributed by atoms with Crippen LogP contribution in [0.1, 0.15) is 11.9 Å². The van der Waals surface area contributed by atoms with E-state index in [1.165, 1.54) is 6.07 Å². The first-order chi connectivity index (χ1) is 6.27. The van der Waals surface area contributed by atoms with Gasteiger partial charge < -0.3 is 14.6 Å². The molecular formula is C9H9BO3. The Morgan fingerprint density at radius 2 is 2.00 bits per heavy atom. The van der Waals surface area contributed by atoms with Gasteiger partial charge >= 0.3 is 0 Å². The molecule has 1 saturated heterocycles. The minimum atomic E-state index is -0.469. The molecule has 3 nitrogen and oxygen atoms in total. The highest BCUT2D eigenvalue weighted by Gasteiger charge is 2.21. The zero-order chi connectivity index (χ0) is 9.26. The van der Waals surface area contributed by atoms with E-state index in [4.69, 9.17) is 17.3 Å². The molecule has 13 heavy (non-hydrogen) atoms. The highest BCUT2D eigenvalue weighted by Crippen LogP contribution is 2.29. The molecule has 1 fully saturated rings. The van der Waals surface area contributed by atoms with E-state index in [0.717, 1.165) is 0 Å². The first-order valence-corrected chi connectivity index (χ1v) is 4.09. The molecule has 0 aliphatic carbocycles. The van der Waals surface area contributed by atoms with Crippen LogP contribution in [0.25, 0.3) is 0 Å². The van der Waals surface area contributed by atoms with Crippen LogP contribution in [0, 0.1) is 0 Å². The topological polar surface area (TPSA) is 38.7 Å². The first-order valence-electron chi connectivity index (χ1n) is 4.09. The lowest BCUT2D eigenvalue weighted by molar-refractivity contribution is -0.0454.